The number of likely N-dealkylation sites (tertiary alicyclic amines) is 2. The average molecular weight is 1160 g/mol. The van der Waals surface area contributed by atoms with E-state index in [2.05, 4.69) is 73.8 Å². The molecule has 25 heteroatoms. The molecule has 8 rings (SSSR count). The smallest absolute Gasteiger partial charge is 0.338 e. The van der Waals surface area contributed by atoms with Gasteiger partial charge in [-0.15, -0.1) is 0 Å². The largest absolute Gasteiger partial charge is 0.465 e. The number of amides is 2. The first-order chi connectivity index (χ1) is 37.6. The van der Waals surface area contributed by atoms with Crippen LogP contribution in [0.1, 0.15) is 100 Å². The maximum atomic E-state index is 12.3. The van der Waals surface area contributed by atoms with Gasteiger partial charge in [-0.3, -0.25) is 29.2 Å². The van der Waals surface area contributed by atoms with Crippen LogP contribution in [0.15, 0.2) is 36.4 Å². The van der Waals surface area contributed by atoms with Gasteiger partial charge in [-0.05, 0) is 106 Å². The van der Waals surface area contributed by atoms with E-state index in [9.17, 15) is 19.5 Å². The summed E-state index contributed by atoms with van der Waals surface area (Å²) in [5, 5.41) is 34.1. The molecule has 0 bridgehead atoms. The number of nitrogen functional groups attached to an aromatic ring is 2. The maximum Gasteiger partial charge on any atom is 0.338 e. The fourth-order valence-electron chi connectivity index (χ4n) is 11.1. The fourth-order valence-corrected chi connectivity index (χ4v) is 11.9. The van der Waals surface area contributed by atoms with Crippen molar-refractivity contribution in [2.75, 3.05) is 120 Å². The van der Waals surface area contributed by atoms with E-state index < -0.39 is 11.8 Å². The molecule has 0 radical (unpaired) electrons. The van der Waals surface area contributed by atoms with Crippen molar-refractivity contribution in [2.45, 2.75) is 96.2 Å². The molecule has 0 spiro atoms. The molecule has 21 nitrogen and oxygen atoms in total. The van der Waals surface area contributed by atoms with E-state index in [1.807, 2.05) is 30.3 Å². The molecule has 4 fully saturated rings. The third-order valence-corrected chi connectivity index (χ3v) is 16.2. The van der Waals surface area contributed by atoms with Gasteiger partial charge in [-0.1, -0.05) is 72.4 Å². The number of halogens is 4. The molecule has 4 saturated heterocycles. The summed E-state index contributed by atoms with van der Waals surface area (Å²) in [5.41, 5.74) is 15.5. The van der Waals surface area contributed by atoms with Crippen LogP contribution in [0, 0.1) is 0 Å². The number of nitrogens with one attached hydrogen (secondary N) is 2. The second-order valence-corrected chi connectivity index (χ2v) is 21.6. The van der Waals surface area contributed by atoms with Gasteiger partial charge >= 0.3 is 5.97 Å². The number of aromatic nitrogens is 4. The van der Waals surface area contributed by atoms with Crippen LogP contribution >= 0.6 is 46.4 Å². The van der Waals surface area contributed by atoms with Gasteiger partial charge in [0.1, 0.15) is 0 Å². The zero-order valence-electron chi connectivity index (χ0n) is 44.7. The van der Waals surface area contributed by atoms with Gasteiger partial charge in [0.2, 0.25) is 0 Å². The summed E-state index contributed by atoms with van der Waals surface area (Å²) in [5.74, 6) is -0.395. The number of hydrogen-bond donors (Lipinski definition) is 7. The van der Waals surface area contributed by atoms with Crippen molar-refractivity contribution in [1.29, 1.82) is 0 Å². The molecular weight excluding hydrogens is 1090 g/mol. The predicted molar refractivity (Wildman–Crippen MR) is 305 cm³/mol. The van der Waals surface area contributed by atoms with Crippen molar-refractivity contribution >= 4 is 87.5 Å². The monoisotopic (exact) mass is 1160 g/mol. The van der Waals surface area contributed by atoms with Crippen molar-refractivity contribution in [3.05, 3.63) is 90.4 Å². The number of carbonyl (C=O) groups excluding carboxylic acids is 3. The lowest BCUT2D eigenvalue weighted by atomic mass is 9.97. The highest BCUT2D eigenvalue weighted by Gasteiger charge is 2.37. The Balaban J connectivity index is 0.000000226. The van der Waals surface area contributed by atoms with E-state index in [0.29, 0.717) is 64.5 Å². The number of aliphatic hydroxyl groups excluding tert-OH is 3. The van der Waals surface area contributed by atoms with Crippen LogP contribution < -0.4 is 31.9 Å². The number of nitrogens with two attached hydrogens (primary N) is 2. The molecule has 2 atom stereocenters. The number of aliphatic hydroxyl groups is 3. The van der Waals surface area contributed by atoms with Crippen molar-refractivity contribution in [1.82, 2.24) is 50.2 Å². The summed E-state index contributed by atoms with van der Waals surface area (Å²) in [6.45, 7) is 14.2. The topological polar surface area (TPSA) is 268 Å². The molecule has 4 aliphatic rings. The van der Waals surface area contributed by atoms with Crippen LogP contribution in [0.25, 0.3) is 0 Å². The first-order valence-corrected chi connectivity index (χ1v) is 28.3. The van der Waals surface area contributed by atoms with Crippen LogP contribution in [0.2, 0.25) is 20.4 Å². The molecule has 0 unspecified atom stereocenters. The molecule has 426 valence electrons. The normalized spacial score (nSPS) is 19.3. The van der Waals surface area contributed by atoms with E-state index >= 15 is 0 Å². The second-order valence-electron chi connectivity index (χ2n) is 20.0. The van der Waals surface area contributed by atoms with Gasteiger partial charge in [0.15, 0.2) is 45.0 Å². The summed E-state index contributed by atoms with van der Waals surface area (Å²) >= 11 is 25.1. The Morgan fingerprint density at radius 3 is 1.47 bits per heavy atom. The third kappa shape index (κ3) is 15.3. The molecule has 2 aromatic carbocycles. The highest BCUT2D eigenvalue weighted by molar-refractivity contribution is 6.32. The van der Waals surface area contributed by atoms with E-state index in [1.54, 1.807) is 6.07 Å². The third-order valence-electron chi connectivity index (χ3n) is 15.2. The van der Waals surface area contributed by atoms with Crippen molar-refractivity contribution < 1.29 is 34.4 Å². The van der Waals surface area contributed by atoms with Crippen LogP contribution in [-0.2, 0) is 24.4 Å². The quantitative estimate of drug-likeness (QED) is 0.0672. The lowest BCUT2D eigenvalue weighted by molar-refractivity contribution is 0.0576. The van der Waals surface area contributed by atoms with Crippen molar-refractivity contribution in [3.8, 4) is 0 Å². The summed E-state index contributed by atoms with van der Waals surface area (Å²) in [4.78, 5) is 68.3. The SMILES string of the molecule is CC[C@H]1CN(c2nc(N)c(C(=O)NCCO)nc2Cl)CCN1C1CCN(Cc2ccc(Cl)cc2C(=O)OC)CC1.CC[C@H]1CN(c2nc(N)c(C(=O)NCCO)nc2Cl)CCN1C1CCN(Cc2ccc(Cl)cc2CO)CC1. The van der Waals surface area contributed by atoms with Crippen molar-refractivity contribution in [2.24, 2.45) is 0 Å². The van der Waals surface area contributed by atoms with Gasteiger partial charge in [-0.25, -0.2) is 24.7 Å². The number of piperidine rings is 2. The lowest BCUT2D eigenvalue weighted by Crippen LogP contribution is -2.58. The van der Waals surface area contributed by atoms with Gasteiger partial charge in [0.25, 0.3) is 11.8 Å². The summed E-state index contributed by atoms with van der Waals surface area (Å²) in [6, 6.07) is 12.7. The lowest BCUT2D eigenvalue weighted by Gasteiger charge is -2.47. The van der Waals surface area contributed by atoms with Crippen LogP contribution in [0.4, 0.5) is 23.3 Å². The molecule has 4 aromatic rings. The van der Waals surface area contributed by atoms with E-state index in [-0.39, 0.29) is 72.2 Å². The Bertz CT molecular complexity index is 2680. The fraction of sp³-hybridized carbons (Fsp3) is 0.566. The number of nitrogens with zero attached hydrogens (tertiary/aromatic N) is 10. The van der Waals surface area contributed by atoms with Crippen LogP contribution in [-0.4, -0.2) is 196 Å². The zero-order valence-corrected chi connectivity index (χ0v) is 47.7. The highest BCUT2D eigenvalue weighted by atomic mass is 35.5. The summed E-state index contributed by atoms with van der Waals surface area (Å²) in [7, 11) is 1.38. The van der Waals surface area contributed by atoms with Crippen LogP contribution in [0.5, 0.6) is 0 Å². The number of esters is 1. The van der Waals surface area contributed by atoms with Gasteiger partial charge in [0, 0.05) is 99.7 Å². The zero-order chi connectivity index (χ0) is 56.0. The van der Waals surface area contributed by atoms with Crippen LogP contribution in [0.3, 0.4) is 0 Å². The Kier molecular flexibility index (Phi) is 22.6. The predicted octanol–water partition coefficient (Wildman–Crippen LogP) is 4.58. The van der Waals surface area contributed by atoms with E-state index in [0.717, 1.165) is 121 Å². The number of benzene rings is 2. The maximum absolute atomic E-state index is 12.3. The first kappa shape index (κ1) is 60.7. The number of anilines is 4. The van der Waals surface area contributed by atoms with Gasteiger partial charge < -0.3 is 52.0 Å². The Hall–Kier alpha value is -4.91. The molecular formula is C53H74Cl4N14O7. The molecule has 0 aliphatic carbocycles. The van der Waals surface area contributed by atoms with Crippen molar-refractivity contribution in [3.63, 3.8) is 0 Å². The highest BCUT2D eigenvalue weighted by Crippen LogP contribution is 2.33. The standard InChI is InChI=1S/C27H37Cl2N7O4.C26H37Cl2N7O3/c1-3-19-16-35(25-23(29)32-22(24(30)33-25)26(38)31-8-13-37)11-12-36(19)20-6-9-34(10-7-20)15-17-4-5-18(28)14-21(17)27(39)40-2;1-2-20-15-34(25-23(28)31-22(24(29)32-25)26(38)30-7-12-36)10-11-35(20)21-5-8-33(9-6-21)14-17-3-4-19(27)13-18(17)16-37/h4-5,14,19-20,37H,3,6-13,15-16H2,1-2H3,(H2,30,33)(H,31,38);3-4,13,20-21,36-37H,2,5-12,14-16H2,1H3,(H2,29,32)(H,30,38)/t19-;20-/m00/s1. The Morgan fingerprint density at radius 2 is 1.05 bits per heavy atom. The number of methoxy groups -OCH3 is 1. The molecule has 0 saturated carbocycles. The van der Waals surface area contributed by atoms with E-state index in [4.69, 9.17) is 72.8 Å². The minimum Gasteiger partial charge on any atom is -0.465 e. The summed E-state index contributed by atoms with van der Waals surface area (Å²) in [6.07, 6.45) is 6.19. The number of ether oxygens (including phenoxy) is 1. The average Bonchev–Trinajstić information content (AvgIpc) is 3.50. The van der Waals surface area contributed by atoms with Gasteiger partial charge in [-0.2, -0.15) is 0 Å². The molecule has 2 amide bonds. The first-order valence-electron chi connectivity index (χ1n) is 26.7. The number of rotatable bonds is 18. The molecule has 2 aromatic heterocycles. The molecule has 78 heavy (non-hydrogen) atoms. The second kappa shape index (κ2) is 29.0. The minimum absolute atomic E-state index is 0.00546. The Morgan fingerprint density at radius 1 is 0.615 bits per heavy atom. The number of piperazine rings is 2. The number of carbonyl (C=O) groups is 3. The summed E-state index contributed by atoms with van der Waals surface area (Å²) < 4.78 is 4.95. The Labute approximate surface area is 476 Å². The molecule has 6 heterocycles. The van der Waals surface area contributed by atoms with E-state index in [1.165, 1.54) is 7.11 Å². The molecule has 9 N–H and O–H groups in total. The molecule has 4 aliphatic heterocycles. The minimum atomic E-state index is -0.521. The van der Waals surface area contributed by atoms with Gasteiger partial charge in [0.05, 0.1) is 32.5 Å². The number of hydrogen-bond acceptors (Lipinski definition) is 19.